The normalized spacial score (nSPS) is 9.72. The van der Waals surface area contributed by atoms with Crippen molar-refractivity contribution in [1.29, 1.82) is 0 Å². The molecule has 0 fully saturated rings. The molecule has 1 rings (SSSR count). The number of hydrogen-bond donors (Lipinski definition) is 0. The molecular formula is C12H22N2O4. The maximum atomic E-state index is 9.81. The molecule has 0 bridgehead atoms. The van der Waals surface area contributed by atoms with Crippen LogP contribution in [0.4, 0.5) is 0 Å². The van der Waals surface area contributed by atoms with Crippen LogP contribution in [0.1, 0.15) is 13.3 Å². The van der Waals surface area contributed by atoms with Gasteiger partial charge in [-0.1, -0.05) is 0 Å². The second-order valence-corrected chi connectivity index (χ2v) is 3.64. The minimum atomic E-state index is -1.09. The molecule has 0 spiro atoms. The van der Waals surface area contributed by atoms with Crippen molar-refractivity contribution in [3.63, 3.8) is 0 Å². The number of rotatable bonds is 7. The summed E-state index contributed by atoms with van der Waals surface area (Å²) >= 11 is 0. The number of carbonyl (C=O) groups excluding carboxylic acids is 1. The Hall–Kier alpha value is -1.40. The number of aryl methyl sites for hydroxylation is 2. The van der Waals surface area contributed by atoms with Crippen LogP contribution < -0.4 is 9.67 Å². The van der Waals surface area contributed by atoms with Gasteiger partial charge in [0.2, 0.25) is 6.33 Å². The van der Waals surface area contributed by atoms with Crippen LogP contribution >= 0.6 is 0 Å². The highest BCUT2D eigenvalue weighted by Crippen LogP contribution is 1.80. The van der Waals surface area contributed by atoms with E-state index in [2.05, 4.69) is 28.8 Å². The van der Waals surface area contributed by atoms with E-state index in [1.807, 2.05) is 17.8 Å². The fraction of sp³-hybridized carbons (Fsp3) is 0.667. The van der Waals surface area contributed by atoms with Crippen molar-refractivity contribution in [3.8, 4) is 0 Å². The molecule has 0 aliphatic carbocycles. The molecule has 0 aromatic carbocycles. The number of nitrogens with zero attached hydrogens (tertiary/aromatic N) is 2. The van der Waals surface area contributed by atoms with Gasteiger partial charge in [-0.2, -0.15) is 0 Å². The third-order valence-corrected chi connectivity index (χ3v) is 2.07. The molecule has 104 valence electrons. The van der Waals surface area contributed by atoms with Gasteiger partial charge in [-0.05, 0) is 6.92 Å². The number of imidazole rings is 1. The van der Waals surface area contributed by atoms with E-state index in [0.717, 1.165) is 6.54 Å². The van der Waals surface area contributed by atoms with Gasteiger partial charge in [-0.25, -0.2) is 9.13 Å². The number of aliphatic carboxylic acids is 1. The van der Waals surface area contributed by atoms with Crippen molar-refractivity contribution < 1.29 is 23.9 Å². The van der Waals surface area contributed by atoms with Crippen molar-refractivity contribution in [2.24, 2.45) is 7.05 Å². The van der Waals surface area contributed by atoms with Gasteiger partial charge in [0.05, 0.1) is 33.4 Å². The molecule has 0 unspecified atom stereocenters. The lowest BCUT2D eigenvalue weighted by atomic mass is 10.5. The van der Waals surface area contributed by atoms with E-state index < -0.39 is 5.97 Å². The Balaban J connectivity index is 0.000000327. The lowest BCUT2D eigenvalue weighted by Gasteiger charge is -2.02. The third-order valence-electron chi connectivity index (χ3n) is 2.07. The molecule has 0 atom stereocenters. The van der Waals surface area contributed by atoms with Gasteiger partial charge in [0.1, 0.15) is 12.4 Å². The van der Waals surface area contributed by atoms with Gasteiger partial charge >= 0.3 is 0 Å². The molecule has 6 nitrogen and oxygen atoms in total. The topological polar surface area (TPSA) is 67.4 Å². The molecule has 18 heavy (non-hydrogen) atoms. The van der Waals surface area contributed by atoms with E-state index in [9.17, 15) is 9.90 Å². The summed E-state index contributed by atoms with van der Waals surface area (Å²) < 4.78 is 13.7. The van der Waals surface area contributed by atoms with Gasteiger partial charge in [0.25, 0.3) is 0 Å². The van der Waals surface area contributed by atoms with E-state index in [-0.39, 0.29) is 13.0 Å². The average Bonchev–Trinajstić information content (AvgIpc) is 2.75. The first-order valence-corrected chi connectivity index (χ1v) is 5.87. The van der Waals surface area contributed by atoms with Crippen molar-refractivity contribution >= 4 is 5.97 Å². The Morgan fingerprint density at radius 2 is 2.11 bits per heavy atom. The molecule has 0 saturated carbocycles. The summed E-state index contributed by atoms with van der Waals surface area (Å²) in [4.78, 5) is 9.81. The summed E-state index contributed by atoms with van der Waals surface area (Å²) in [5.41, 5.74) is 0. The molecule has 0 amide bonds. The van der Waals surface area contributed by atoms with Gasteiger partial charge in [0.15, 0.2) is 0 Å². The Labute approximate surface area is 108 Å². The van der Waals surface area contributed by atoms with Crippen molar-refractivity contribution in [2.45, 2.75) is 19.9 Å². The lowest BCUT2D eigenvalue weighted by molar-refractivity contribution is -0.671. The average molecular weight is 258 g/mol. The molecule has 0 N–H and O–H groups in total. The highest BCUT2D eigenvalue weighted by molar-refractivity contribution is 5.64. The summed E-state index contributed by atoms with van der Waals surface area (Å²) in [5.74, 6) is -1.09. The highest BCUT2D eigenvalue weighted by Gasteiger charge is 1.92. The standard InChI is InChI=1S/C6H11N2.C6H12O4/c1-3-8-5-4-7(2)6-8;1-9-4-5-10-3-2-6(7)8/h4-6H,3H2,1-2H3;2-5H2,1H3,(H,7,8)/q+1;/p-1. The Morgan fingerprint density at radius 3 is 2.50 bits per heavy atom. The van der Waals surface area contributed by atoms with Crippen LogP contribution in [0.15, 0.2) is 18.7 Å². The fourth-order valence-electron chi connectivity index (χ4n) is 1.09. The maximum Gasteiger partial charge on any atom is 0.243 e. The van der Waals surface area contributed by atoms with E-state index >= 15 is 0 Å². The predicted molar refractivity (Wildman–Crippen MR) is 63.6 cm³/mol. The molecule has 1 heterocycles. The third kappa shape index (κ3) is 9.80. The van der Waals surface area contributed by atoms with Crippen LogP contribution in [-0.2, 0) is 27.9 Å². The van der Waals surface area contributed by atoms with Crippen molar-refractivity contribution in [1.82, 2.24) is 4.57 Å². The van der Waals surface area contributed by atoms with Crippen LogP contribution in [0.25, 0.3) is 0 Å². The second-order valence-electron chi connectivity index (χ2n) is 3.64. The zero-order valence-corrected chi connectivity index (χ0v) is 11.3. The minimum Gasteiger partial charge on any atom is -0.550 e. The fourth-order valence-corrected chi connectivity index (χ4v) is 1.09. The molecule has 1 aromatic rings. The smallest absolute Gasteiger partial charge is 0.243 e. The first kappa shape index (κ1) is 16.6. The lowest BCUT2D eigenvalue weighted by Crippen LogP contribution is -2.23. The Morgan fingerprint density at radius 1 is 1.39 bits per heavy atom. The number of hydrogen-bond acceptors (Lipinski definition) is 4. The number of carboxylic acids is 1. The second kappa shape index (κ2) is 10.7. The van der Waals surface area contributed by atoms with E-state index in [1.54, 1.807) is 7.11 Å². The zero-order valence-electron chi connectivity index (χ0n) is 11.3. The molecule has 0 aliphatic rings. The molecule has 0 aliphatic heterocycles. The number of aromatic nitrogens is 2. The number of ether oxygens (including phenoxy) is 2. The van der Waals surface area contributed by atoms with Crippen LogP contribution in [0.2, 0.25) is 0 Å². The molecule has 6 heteroatoms. The van der Waals surface area contributed by atoms with Crippen LogP contribution in [0, 0.1) is 0 Å². The SMILES string of the molecule is CCn1cc[n+](C)c1.COCCOCCC(=O)[O-]. The summed E-state index contributed by atoms with van der Waals surface area (Å²) in [6.07, 6.45) is 6.09. The van der Waals surface area contributed by atoms with Crippen molar-refractivity contribution in [3.05, 3.63) is 18.7 Å². The minimum absolute atomic E-state index is 0.0519. The van der Waals surface area contributed by atoms with Crippen LogP contribution in [-0.4, -0.2) is 37.5 Å². The van der Waals surface area contributed by atoms with Crippen molar-refractivity contribution in [2.75, 3.05) is 26.9 Å². The first-order valence-electron chi connectivity index (χ1n) is 5.87. The van der Waals surface area contributed by atoms with E-state index in [1.165, 1.54) is 0 Å². The van der Waals surface area contributed by atoms with Crippen LogP contribution in [0.3, 0.4) is 0 Å². The summed E-state index contributed by atoms with van der Waals surface area (Å²) in [6, 6.07) is 0. The summed E-state index contributed by atoms with van der Waals surface area (Å²) in [6.45, 7) is 4.31. The van der Waals surface area contributed by atoms with Gasteiger partial charge in [-0.3, -0.25) is 0 Å². The van der Waals surface area contributed by atoms with Gasteiger partial charge in [-0.15, -0.1) is 0 Å². The van der Waals surface area contributed by atoms with E-state index in [0.29, 0.717) is 13.2 Å². The molecule has 0 radical (unpaired) electrons. The zero-order chi connectivity index (χ0) is 13.8. The molecule has 0 saturated heterocycles. The number of methoxy groups -OCH3 is 1. The molecular weight excluding hydrogens is 236 g/mol. The van der Waals surface area contributed by atoms with E-state index in [4.69, 9.17) is 4.74 Å². The number of carbonyl (C=O) groups is 1. The highest BCUT2D eigenvalue weighted by atomic mass is 16.5. The summed E-state index contributed by atoms with van der Waals surface area (Å²) in [7, 11) is 3.58. The first-order chi connectivity index (χ1) is 8.60. The monoisotopic (exact) mass is 258 g/mol. The summed E-state index contributed by atoms with van der Waals surface area (Å²) in [5, 5.41) is 9.81. The Bertz CT molecular complexity index is 326. The number of carboxylic acid groups (broad SMARTS) is 1. The Kier molecular flexibility index (Phi) is 9.90. The molecule has 1 aromatic heterocycles. The quantitative estimate of drug-likeness (QED) is 0.470. The van der Waals surface area contributed by atoms with Gasteiger partial charge < -0.3 is 19.4 Å². The maximum absolute atomic E-state index is 9.81. The predicted octanol–water partition coefficient (Wildman–Crippen LogP) is -0.878. The largest absolute Gasteiger partial charge is 0.550 e. The van der Waals surface area contributed by atoms with Gasteiger partial charge in [0, 0.05) is 19.5 Å². The van der Waals surface area contributed by atoms with Crippen LogP contribution in [0.5, 0.6) is 0 Å².